The van der Waals surface area contributed by atoms with Crippen LogP contribution in [0.5, 0.6) is 0 Å². The largest absolute Gasteiger partial charge is 0.383 e. The highest BCUT2D eigenvalue weighted by atomic mass is 32.1. The molecule has 3 aromatic rings. The first kappa shape index (κ1) is 17.0. The lowest BCUT2D eigenvalue weighted by Crippen LogP contribution is -2.36. The van der Waals surface area contributed by atoms with Gasteiger partial charge in [-0.2, -0.15) is 5.26 Å². The van der Waals surface area contributed by atoms with E-state index in [9.17, 15) is 0 Å². The van der Waals surface area contributed by atoms with Gasteiger partial charge in [0.1, 0.15) is 10.6 Å². The monoisotopic (exact) mass is 363 g/mol. The van der Waals surface area contributed by atoms with Crippen LogP contribution in [-0.4, -0.2) is 27.5 Å². The summed E-state index contributed by atoms with van der Waals surface area (Å²) in [5, 5.41) is 10.0. The van der Waals surface area contributed by atoms with Crippen molar-refractivity contribution in [1.29, 1.82) is 5.26 Å². The van der Waals surface area contributed by atoms with Crippen LogP contribution in [0.1, 0.15) is 36.6 Å². The lowest BCUT2D eigenvalue weighted by atomic mass is 10.0. The van der Waals surface area contributed by atoms with E-state index in [1.54, 1.807) is 23.5 Å². The number of aromatic nitrogens is 2. The highest BCUT2D eigenvalue weighted by Crippen LogP contribution is 2.32. The summed E-state index contributed by atoms with van der Waals surface area (Å²) in [6, 6.07) is 12.2. The summed E-state index contributed by atoms with van der Waals surface area (Å²) in [6.07, 6.45) is 3.87. The van der Waals surface area contributed by atoms with Crippen LogP contribution in [0.4, 0.5) is 5.82 Å². The van der Waals surface area contributed by atoms with Crippen LogP contribution in [0.2, 0.25) is 0 Å². The lowest BCUT2D eigenvalue weighted by molar-refractivity contribution is 0.154. The van der Waals surface area contributed by atoms with Crippen molar-refractivity contribution in [1.82, 2.24) is 14.9 Å². The van der Waals surface area contributed by atoms with Crippen LogP contribution >= 0.6 is 11.3 Å². The molecule has 2 N–H and O–H groups in total. The third-order valence-electron chi connectivity index (χ3n) is 5.02. The maximum atomic E-state index is 9.10. The summed E-state index contributed by atoms with van der Waals surface area (Å²) in [4.78, 5) is 13.9. The van der Waals surface area contributed by atoms with E-state index in [1.165, 1.54) is 24.1 Å². The molecule has 1 aliphatic heterocycles. The fraction of sp³-hybridized carbons (Fsp3) is 0.350. The van der Waals surface area contributed by atoms with Gasteiger partial charge in [-0.05, 0) is 44.5 Å². The zero-order valence-corrected chi connectivity index (χ0v) is 15.6. The Balaban J connectivity index is 1.67. The Morgan fingerprint density at radius 2 is 2.19 bits per heavy atom. The minimum absolute atomic E-state index is 0.501. The molecule has 1 aliphatic rings. The normalized spacial score (nSPS) is 18.1. The Bertz CT molecular complexity index is 988. The fourth-order valence-corrected chi connectivity index (χ4v) is 4.58. The number of piperidine rings is 1. The number of hydrogen-bond acceptors (Lipinski definition) is 6. The molecule has 0 radical (unpaired) electrons. The standard InChI is InChI=1S/C20H21N5S/c1-13-5-2-3-8-25(13)12-16-10-17-18(22)23-19(24-20(17)26-16)15-7-4-6-14(9-15)11-21/h4,6-7,9-10,13H,2-3,5,8,12H2,1H3,(H2,22,23,24)/t13-/m0/s1. The summed E-state index contributed by atoms with van der Waals surface area (Å²) in [5.74, 6) is 1.08. The summed E-state index contributed by atoms with van der Waals surface area (Å²) < 4.78 is 0. The number of nitrogens with zero attached hydrogens (tertiary/aromatic N) is 4. The fourth-order valence-electron chi connectivity index (χ4n) is 3.52. The van der Waals surface area contributed by atoms with Crippen molar-refractivity contribution in [2.75, 3.05) is 12.3 Å². The number of anilines is 1. The van der Waals surface area contributed by atoms with Gasteiger partial charge in [0, 0.05) is 23.0 Å². The topological polar surface area (TPSA) is 78.8 Å². The van der Waals surface area contributed by atoms with Crippen LogP contribution in [0.25, 0.3) is 21.6 Å². The highest BCUT2D eigenvalue weighted by molar-refractivity contribution is 7.18. The van der Waals surface area contributed by atoms with E-state index in [4.69, 9.17) is 16.0 Å². The molecule has 1 aromatic carbocycles. The Morgan fingerprint density at radius 1 is 1.31 bits per heavy atom. The van der Waals surface area contributed by atoms with Crippen LogP contribution < -0.4 is 5.73 Å². The Kier molecular flexibility index (Phi) is 4.58. The van der Waals surface area contributed by atoms with E-state index in [0.717, 1.165) is 28.9 Å². The molecule has 26 heavy (non-hydrogen) atoms. The molecule has 1 fully saturated rings. The van der Waals surface area contributed by atoms with Crippen LogP contribution in [0.3, 0.4) is 0 Å². The van der Waals surface area contributed by atoms with Crippen LogP contribution in [0, 0.1) is 11.3 Å². The molecule has 0 aliphatic carbocycles. The molecule has 1 atom stereocenters. The molecule has 6 heteroatoms. The summed E-state index contributed by atoms with van der Waals surface area (Å²) >= 11 is 1.69. The van der Waals surface area contributed by atoms with Gasteiger partial charge in [0.15, 0.2) is 5.82 Å². The van der Waals surface area contributed by atoms with Gasteiger partial charge in [0.05, 0.1) is 17.0 Å². The van der Waals surface area contributed by atoms with Gasteiger partial charge in [-0.25, -0.2) is 9.97 Å². The van der Waals surface area contributed by atoms with E-state index in [2.05, 4.69) is 28.9 Å². The molecular formula is C20H21N5S. The molecular weight excluding hydrogens is 342 g/mol. The zero-order valence-electron chi connectivity index (χ0n) is 14.8. The second kappa shape index (κ2) is 7.02. The van der Waals surface area contributed by atoms with Crippen molar-refractivity contribution in [3.8, 4) is 17.5 Å². The van der Waals surface area contributed by atoms with Crippen molar-refractivity contribution in [2.24, 2.45) is 0 Å². The van der Waals surface area contributed by atoms with Crippen molar-refractivity contribution in [3.05, 3.63) is 40.8 Å². The Hall–Kier alpha value is -2.49. The predicted molar refractivity (Wildman–Crippen MR) is 106 cm³/mol. The molecule has 0 saturated carbocycles. The Morgan fingerprint density at radius 3 is 3.00 bits per heavy atom. The molecule has 5 nitrogen and oxygen atoms in total. The van der Waals surface area contributed by atoms with Crippen LogP contribution in [-0.2, 0) is 6.54 Å². The molecule has 2 aromatic heterocycles. The molecule has 4 rings (SSSR count). The first-order valence-corrected chi connectivity index (χ1v) is 9.76. The maximum absolute atomic E-state index is 9.10. The predicted octanol–water partition coefficient (Wildman–Crippen LogP) is 4.19. The van der Waals surface area contributed by atoms with Gasteiger partial charge in [0.2, 0.25) is 0 Å². The van der Waals surface area contributed by atoms with Crippen molar-refractivity contribution in [3.63, 3.8) is 0 Å². The van der Waals surface area contributed by atoms with E-state index < -0.39 is 0 Å². The molecule has 3 heterocycles. The van der Waals surface area contributed by atoms with Crippen LogP contribution in [0.15, 0.2) is 30.3 Å². The van der Waals surface area contributed by atoms with Crippen molar-refractivity contribution in [2.45, 2.75) is 38.8 Å². The Labute approximate surface area is 157 Å². The average Bonchev–Trinajstić information content (AvgIpc) is 3.07. The minimum atomic E-state index is 0.501. The highest BCUT2D eigenvalue weighted by Gasteiger charge is 2.20. The number of hydrogen-bond donors (Lipinski definition) is 1. The van der Waals surface area contributed by atoms with Gasteiger partial charge in [-0.15, -0.1) is 11.3 Å². The lowest BCUT2D eigenvalue weighted by Gasteiger charge is -2.32. The van der Waals surface area contributed by atoms with E-state index in [0.29, 0.717) is 23.2 Å². The number of likely N-dealkylation sites (tertiary alicyclic amines) is 1. The number of fused-ring (bicyclic) bond motifs is 1. The van der Waals surface area contributed by atoms with Crippen molar-refractivity contribution >= 4 is 27.4 Å². The number of benzene rings is 1. The first-order valence-electron chi connectivity index (χ1n) is 8.94. The van der Waals surface area contributed by atoms with Gasteiger partial charge < -0.3 is 5.73 Å². The third kappa shape index (κ3) is 3.28. The number of nitriles is 1. The second-order valence-corrected chi connectivity index (χ2v) is 7.99. The second-order valence-electron chi connectivity index (χ2n) is 6.87. The molecule has 0 bridgehead atoms. The summed E-state index contributed by atoms with van der Waals surface area (Å²) in [7, 11) is 0. The maximum Gasteiger partial charge on any atom is 0.163 e. The number of thiophene rings is 1. The summed E-state index contributed by atoms with van der Waals surface area (Å²) in [5.41, 5.74) is 7.63. The zero-order chi connectivity index (χ0) is 18.1. The smallest absolute Gasteiger partial charge is 0.163 e. The molecule has 0 spiro atoms. The number of nitrogen functional groups attached to an aromatic ring is 1. The van der Waals surface area contributed by atoms with Gasteiger partial charge in [-0.1, -0.05) is 18.6 Å². The van der Waals surface area contributed by atoms with Gasteiger partial charge in [0.25, 0.3) is 0 Å². The van der Waals surface area contributed by atoms with Gasteiger partial charge in [-0.3, -0.25) is 4.90 Å². The SMILES string of the molecule is C[C@H]1CCCCN1Cc1cc2c(N)nc(-c3cccc(C#N)c3)nc2s1. The molecule has 0 unspecified atom stereocenters. The van der Waals surface area contributed by atoms with E-state index in [1.807, 2.05) is 12.1 Å². The molecule has 1 saturated heterocycles. The third-order valence-corrected chi connectivity index (χ3v) is 6.04. The molecule has 0 amide bonds. The first-order chi connectivity index (χ1) is 12.6. The van der Waals surface area contributed by atoms with E-state index in [-0.39, 0.29) is 0 Å². The minimum Gasteiger partial charge on any atom is -0.383 e. The quantitative estimate of drug-likeness (QED) is 0.755. The van der Waals surface area contributed by atoms with Crippen molar-refractivity contribution < 1.29 is 0 Å². The van der Waals surface area contributed by atoms with E-state index >= 15 is 0 Å². The number of rotatable bonds is 3. The summed E-state index contributed by atoms with van der Waals surface area (Å²) in [6.45, 7) is 4.41. The average molecular weight is 363 g/mol. The number of nitrogens with two attached hydrogens (primary N) is 1. The molecule has 132 valence electrons. The van der Waals surface area contributed by atoms with Gasteiger partial charge >= 0.3 is 0 Å².